The van der Waals surface area contributed by atoms with Crippen LogP contribution in [0.25, 0.3) is 11.3 Å². The third-order valence-corrected chi connectivity index (χ3v) is 4.25. The zero-order valence-electron chi connectivity index (χ0n) is 15.9. The molecule has 0 aliphatic rings. The second-order valence-corrected chi connectivity index (χ2v) is 6.34. The van der Waals surface area contributed by atoms with E-state index in [0.29, 0.717) is 5.56 Å². The van der Waals surface area contributed by atoms with Crippen LogP contribution in [0.1, 0.15) is 39.8 Å². The zero-order valence-corrected chi connectivity index (χ0v) is 15.9. The molecule has 0 aliphatic carbocycles. The fraction of sp³-hybridized carbons (Fsp3) is 0.182. The maximum atomic E-state index is 13.0. The van der Waals surface area contributed by atoms with E-state index in [1.165, 1.54) is 18.3 Å². The summed E-state index contributed by atoms with van der Waals surface area (Å²) < 4.78 is 44.2. The van der Waals surface area contributed by atoms with Crippen molar-refractivity contribution >= 4 is 5.97 Å². The van der Waals surface area contributed by atoms with Gasteiger partial charge in [-0.2, -0.15) is 18.4 Å². The highest BCUT2D eigenvalue weighted by molar-refractivity contribution is 5.88. The standard InChI is InChI=1S/C22H16F3N3O2/c1-2-30-21(29)20-18(10-14-6-8-15(12-26)9-7-14)28-19(13-27-20)16-4-3-5-17(11-16)22(23,24)25/h3-9,11,13H,2,10H2,1H3. The molecule has 0 fully saturated rings. The molecule has 0 saturated carbocycles. The normalized spacial score (nSPS) is 11.0. The number of rotatable bonds is 5. The van der Waals surface area contributed by atoms with Crippen LogP contribution in [0.2, 0.25) is 0 Å². The van der Waals surface area contributed by atoms with Gasteiger partial charge in [0.1, 0.15) is 0 Å². The molecular formula is C22H16F3N3O2. The number of hydrogen-bond donors (Lipinski definition) is 0. The number of carbonyl (C=O) groups is 1. The number of benzene rings is 2. The van der Waals surface area contributed by atoms with Crippen LogP contribution >= 0.6 is 0 Å². The van der Waals surface area contributed by atoms with Crippen LogP contribution in [-0.2, 0) is 17.3 Å². The lowest BCUT2D eigenvalue weighted by molar-refractivity contribution is -0.137. The fourth-order valence-corrected chi connectivity index (χ4v) is 2.81. The third kappa shape index (κ3) is 4.81. The smallest absolute Gasteiger partial charge is 0.416 e. The van der Waals surface area contributed by atoms with Gasteiger partial charge in [0, 0.05) is 12.0 Å². The summed E-state index contributed by atoms with van der Waals surface area (Å²) in [4.78, 5) is 20.8. The summed E-state index contributed by atoms with van der Waals surface area (Å²) in [7, 11) is 0. The van der Waals surface area contributed by atoms with Crippen molar-refractivity contribution in [2.45, 2.75) is 19.5 Å². The summed E-state index contributed by atoms with van der Waals surface area (Å²) >= 11 is 0. The van der Waals surface area contributed by atoms with Crippen LogP contribution in [0.3, 0.4) is 0 Å². The molecule has 152 valence electrons. The van der Waals surface area contributed by atoms with E-state index in [4.69, 9.17) is 10.00 Å². The van der Waals surface area contributed by atoms with Crippen molar-refractivity contribution < 1.29 is 22.7 Å². The molecule has 0 radical (unpaired) electrons. The molecule has 0 bridgehead atoms. The first-order chi connectivity index (χ1) is 14.3. The molecule has 0 aliphatic heterocycles. The van der Waals surface area contributed by atoms with Crippen LogP contribution in [-0.4, -0.2) is 22.5 Å². The minimum atomic E-state index is -4.49. The topological polar surface area (TPSA) is 75.9 Å². The van der Waals surface area contributed by atoms with E-state index in [2.05, 4.69) is 9.97 Å². The number of hydrogen-bond acceptors (Lipinski definition) is 5. The fourth-order valence-electron chi connectivity index (χ4n) is 2.81. The first kappa shape index (κ1) is 21.0. The summed E-state index contributed by atoms with van der Waals surface area (Å²) in [5.74, 6) is -0.663. The van der Waals surface area contributed by atoms with Gasteiger partial charge < -0.3 is 4.74 Å². The number of nitriles is 1. The highest BCUT2D eigenvalue weighted by Gasteiger charge is 2.30. The SMILES string of the molecule is CCOC(=O)c1ncc(-c2cccc(C(F)(F)F)c2)nc1Cc1ccc(C#N)cc1. The van der Waals surface area contributed by atoms with Gasteiger partial charge in [-0.05, 0) is 36.8 Å². The van der Waals surface area contributed by atoms with Gasteiger partial charge in [0.2, 0.25) is 0 Å². The molecule has 0 N–H and O–H groups in total. The Morgan fingerprint density at radius 2 is 1.90 bits per heavy atom. The number of aromatic nitrogens is 2. The molecule has 0 saturated heterocycles. The number of halogens is 3. The van der Waals surface area contributed by atoms with Crippen LogP contribution in [0.15, 0.2) is 54.7 Å². The first-order valence-electron chi connectivity index (χ1n) is 9.01. The third-order valence-electron chi connectivity index (χ3n) is 4.25. The minimum absolute atomic E-state index is 0.00284. The van der Waals surface area contributed by atoms with Crippen molar-refractivity contribution in [2.24, 2.45) is 0 Å². The number of nitrogens with zero attached hydrogens (tertiary/aromatic N) is 3. The van der Waals surface area contributed by atoms with E-state index in [9.17, 15) is 18.0 Å². The summed E-state index contributed by atoms with van der Waals surface area (Å²) in [5, 5.41) is 8.92. The predicted molar refractivity (Wildman–Crippen MR) is 102 cm³/mol. The average molecular weight is 411 g/mol. The number of ether oxygens (including phenoxy) is 1. The molecule has 8 heteroatoms. The van der Waals surface area contributed by atoms with E-state index in [0.717, 1.165) is 17.7 Å². The molecule has 2 aromatic carbocycles. The van der Waals surface area contributed by atoms with Gasteiger partial charge in [-0.25, -0.2) is 14.8 Å². The second kappa shape index (κ2) is 8.74. The van der Waals surface area contributed by atoms with E-state index in [1.54, 1.807) is 31.2 Å². The second-order valence-electron chi connectivity index (χ2n) is 6.34. The lowest BCUT2D eigenvalue weighted by Crippen LogP contribution is -2.13. The monoisotopic (exact) mass is 411 g/mol. The van der Waals surface area contributed by atoms with Crippen molar-refractivity contribution in [1.29, 1.82) is 5.26 Å². The van der Waals surface area contributed by atoms with Crippen molar-refractivity contribution in [3.63, 3.8) is 0 Å². The molecule has 3 aromatic rings. The Morgan fingerprint density at radius 3 is 2.53 bits per heavy atom. The van der Waals surface area contributed by atoms with E-state index in [1.807, 2.05) is 6.07 Å². The van der Waals surface area contributed by atoms with Gasteiger partial charge in [-0.1, -0.05) is 24.3 Å². The average Bonchev–Trinajstić information content (AvgIpc) is 2.74. The van der Waals surface area contributed by atoms with Gasteiger partial charge in [0.05, 0.1) is 41.4 Å². The largest absolute Gasteiger partial charge is 0.461 e. The van der Waals surface area contributed by atoms with E-state index in [-0.39, 0.29) is 35.7 Å². The molecule has 5 nitrogen and oxygen atoms in total. The first-order valence-corrected chi connectivity index (χ1v) is 9.01. The maximum Gasteiger partial charge on any atom is 0.416 e. The van der Waals surface area contributed by atoms with Gasteiger partial charge in [-0.15, -0.1) is 0 Å². The number of alkyl halides is 3. The Bertz CT molecular complexity index is 1100. The molecule has 0 spiro atoms. The van der Waals surface area contributed by atoms with Crippen LogP contribution in [0.4, 0.5) is 13.2 Å². The van der Waals surface area contributed by atoms with Crippen molar-refractivity contribution in [2.75, 3.05) is 6.61 Å². The van der Waals surface area contributed by atoms with Crippen LogP contribution in [0, 0.1) is 11.3 Å². The highest BCUT2D eigenvalue weighted by Crippen LogP contribution is 2.31. The van der Waals surface area contributed by atoms with Crippen molar-refractivity contribution in [3.05, 3.63) is 82.8 Å². The Kier molecular flexibility index (Phi) is 6.11. The van der Waals surface area contributed by atoms with Gasteiger partial charge >= 0.3 is 12.1 Å². The zero-order chi connectivity index (χ0) is 21.7. The van der Waals surface area contributed by atoms with Crippen LogP contribution in [0.5, 0.6) is 0 Å². The molecule has 1 aromatic heterocycles. The lowest BCUT2D eigenvalue weighted by Gasteiger charge is -2.11. The predicted octanol–water partition coefficient (Wildman–Crippen LogP) is 4.80. The number of carbonyl (C=O) groups excluding carboxylic acids is 1. The summed E-state index contributed by atoms with van der Waals surface area (Å²) in [6, 6.07) is 13.4. The molecule has 3 rings (SSSR count). The summed E-state index contributed by atoms with van der Waals surface area (Å²) in [6.45, 7) is 1.80. The molecule has 0 amide bonds. The Balaban J connectivity index is 2.04. The van der Waals surface area contributed by atoms with Crippen molar-refractivity contribution in [1.82, 2.24) is 9.97 Å². The van der Waals surface area contributed by atoms with E-state index >= 15 is 0 Å². The van der Waals surface area contributed by atoms with Gasteiger partial charge in [-0.3, -0.25) is 0 Å². The Hall–Kier alpha value is -3.73. The van der Waals surface area contributed by atoms with Crippen LogP contribution < -0.4 is 0 Å². The van der Waals surface area contributed by atoms with E-state index < -0.39 is 17.7 Å². The molecule has 0 unspecified atom stereocenters. The molecule has 30 heavy (non-hydrogen) atoms. The van der Waals surface area contributed by atoms with Gasteiger partial charge in [0.15, 0.2) is 5.69 Å². The molecule has 0 atom stereocenters. The Morgan fingerprint density at radius 1 is 1.17 bits per heavy atom. The summed E-state index contributed by atoms with van der Waals surface area (Å²) in [6.07, 6.45) is -3.04. The Labute approximate surface area is 170 Å². The maximum absolute atomic E-state index is 13.0. The lowest BCUT2D eigenvalue weighted by atomic mass is 10.0. The molecule has 1 heterocycles. The van der Waals surface area contributed by atoms with Crippen molar-refractivity contribution in [3.8, 4) is 17.3 Å². The quantitative estimate of drug-likeness (QED) is 0.564. The minimum Gasteiger partial charge on any atom is -0.461 e. The number of esters is 1. The highest BCUT2D eigenvalue weighted by atomic mass is 19.4. The summed E-state index contributed by atoms with van der Waals surface area (Å²) in [5.41, 5.74) is 1.14. The molecular weight excluding hydrogens is 395 g/mol. The van der Waals surface area contributed by atoms with Gasteiger partial charge in [0.25, 0.3) is 0 Å².